The molecular weight excluding hydrogens is 524 g/mol. The van der Waals surface area contributed by atoms with Crippen molar-refractivity contribution >= 4 is 11.9 Å². The maximum atomic E-state index is 12.2. The zero-order chi connectivity index (χ0) is 29.3. The van der Waals surface area contributed by atoms with E-state index in [0.717, 1.165) is 12.8 Å². The zero-order valence-electron chi connectivity index (χ0n) is 25.0. The molecule has 0 bridgehead atoms. The molecule has 39 heavy (non-hydrogen) atoms. The van der Waals surface area contributed by atoms with E-state index in [-0.39, 0.29) is 0 Å². The Labute approximate surface area is 240 Å². The minimum absolute atomic E-state index is 0.393. The number of H-pyrrole nitrogens is 1. The summed E-state index contributed by atoms with van der Waals surface area (Å²) in [7, 11) is 1.33. The number of ether oxygens (including phenoxy) is 2. The van der Waals surface area contributed by atoms with Gasteiger partial charge in [-0.2, -0.15) is 0 Å². The highest BCUT2D eigenvalue weighted by Crippen LogP contribution is 2.32. The van der Waals surface area contributed by atoms with Gasteiger partial charge < -0.3 is 14.6 Å². The first-order chi connectivity index (χ1) is 19.0. The van der Waals surface area contributed by atoms with Gasteiger partial charge in [-0.3, -0.25) is 14.3 Å². The van der Waals surface area contributed by atoms with Crippen LogP contribution in [0.3, 0.4) is 0 Å². The monoisotopic (exact) mass is 578 g/mol. The van der Waals surface area contributed by atoms with Crippen LogP contribution in [-0.4, -0.2) is 46.7 Å². The van der Waals surface area contributed by atoms with Crippen LogP contribution in [-0.2, 0) is 18.8 Å². The maximum Gasteiger partial charge on any atom is 0.330 e. The molecular formula is C29H55ClN2O7. The Morgan fingerprint density at radius 3 is 1.85 bits per heavy atom. The number of aromatic nitrogens is 2. The van der Waals surface area contributed by atoms with Gasteiger partial charge in [-0.25, -0.2) is 9.68 Å². The van der Waals surface area contributed by atoms with E-state index in [0.29, 0.717) is 13.0 Å². The van der Waals surface area contributed by atoms with Crippen molar-refractivity contribution < 1.29 is 23.9 Å². The lowest BCUT2D eigenvalue weighted by molar-refractivity contribution is -0.172. The van der Waals surface area contributed by atoms with E-state index in [1.807, 2.05) is 20.8 Å². The summed E-state index contributed by atoms with van der Waals surface area (Å²) >= 11 is 4.46. The third-order valence-electron chi connectivity index (χ3n) is 6.71. The molecule has 2 N–H and O–H groups in total. The zero-order valence-corrected chi connectivity index (χ0v) is 25.8. The minimum Gasteiger partial charge on any atom is -0.388 e. The van der Waals surface area contributed by atoms with Gasteiger partial charge in [0.1, 0.15) is 12.2 Å². The van der Waals surface area contributed by atoms with Gasteiger partial charge in [-0.05, 0) is 12.8 Å². The molecule has 4 atom stereocenters. The number of hydrogen-bond donors (Lipinski definition) is 2. The Balaban J connectivity index is 0.00000220. The quantitative estimate of drug-likeness (QED) is 0.105. The number of unbranched alkanes of at least 4 members (excludes halogenated alkanes) is 13. The van der Waals surface area contributed by atoms with Crippen molar-refractivity contribution in [3.63, 3.8) is 0 Å². The van der Waals surface area contributed by atoms with Gasteiger partial charge in [-0.1, -0.05) is 111 Å². The van der Waals surface area contributed by atoms with Crippen molar-refractivity contribution in [2.24, 2.45) is 0 Å². The Morgan fingerprint density at radius 2 is 1.41 bits per heavy atom. The second kappa shape index (κ2) is 25.7. The fourth-order valence-electron chi connectivity index (χ4n) is 4.60. The van der Waals surface area contributed by atoms with Crippen LogP contribution in [0, 0.1) is 0 Å². The predicted molar refractivity (Wildman–Crippen MR) is 157 cm³/mol. The number of aliphatic hydroxyl groups is 1. The third-order valence-corrected chi connectivity index (χ3v) is 6.84. The number of aromatic amines is 1. The van der Waals surface area contributed by atoms with Crippen LogP contribution in [0.4, 0.5) is 0 Å². The number of nitrogens with one attached hydrogen (secondary N) is 1. The van der Waals surface area contributed by atoms with E-state index in [1.54, 1.807) is 0 Å². The Kier molecular flexibility index (Phi) is 24.9. The van der Waals surface area contributed by atoms with Crippen molar-refractivity contribution in [2.75, 3.05) is 13.7 Å². The van der Waals surface area contributed by atoms with Crippen LogP contribution in [0.2, 0.25) is 0 Å². The highest BCUT2D eigenvalue weighted by atomic mass is 35.5. The summed E-state index contributed by atoms with van der Waals surface area (Å²) in [5.74, 6) is 0. The van der Waals surface area contributed by atoms with E-state index < -0.39 is 35.8 Å². The molecule has 1 aliphatic rings. The summed E-state index contributed by atoms with van der Waals surface area (Å²) in [6, 6.07) is 1.28. The highest BCUT2D eigenvalue weighted by Gasteiger charge is 2.44. The van der Waals surface area contributed by atoms with Crippen LogP contribution in [0.5, 0.6) is 0 Å². The minimum atomic E-state index is -0.800. The van der Waals surface area contributed by atoms with Gasteiger partial charge in [0.05, 0.1) is 25.1 Å². The molecule has 0 radical (unpaired) electrons. The van der Waals surface area contributed by atoms with E-state index >= 15 is 0 Å². The van der Waals surface area contributed by atoms with Gasteiger partial charge in [0.15, 0.2) is 6.23 Å². The lowest BCUT2D eigenvalue weighted by Crippen LogP contribution is -2.39. The Morgan fingerprint density at radius 1 is 0.923 bits per heavy atom. The number of halogens is 1. The predicted octanol–water partition coefficient (Wildman–Crippen LogP) is 6.82. The molecule has 0 saturated carbocycles. The van der Waals surface area contributed by atoms with Crippen molar-refractivity contribution in [3.8, 4) is 0 Å². The molecule has 1 aliphatic heterocycles. The van der Waals surface area contributed by atoms with Gasteiger partial charge in [0.2, 0.25) is 0 Å². The Bertz CT molecular complexity index is 787. The normalized spacial score (nSPS) is 20.2. The average molecular weight is 579 g/mol. The van der Waals surface area contributed by atoms with E-state index in [4.69, 9.17) is 9.47 Å². The summed E-state index contributed by atoms with van der Waals surface area (Å²) in [5.41, 5.74) is -1.01. The number of aliphatic hydroxyl groups excluding tert-OH is 1. The molecule has 0 aliphatic carbocycles. The van der Waals surface area contributed by atoms with Crippen molar-refractivity contribution in [2.45, 2.75) is 149 Å². The summed E-state index contributed by atoms with van der Waals surface area (Å²) in [6.07, 6.45) is 17.6. The van der Waals surface area contributed by atoms with E-state index in [9.17, 15) is 14.7 Å². The molecule has 1 aromatic rings. The lowest BCUT2D eigenvalue weighted by atomic mass is 10.0. The highest BCUT2D eigenvalue weighted by molar-refractivity contribution is 6.06. The molecule has 4 unspecified atom stereocenters. The van der Waals surface area contributed by atoms with Gasteiger partial charge >= 0.3 is 5.69 Å². The van der Waals surface area contributed by atoms with E-state index in [1.165, 1.54) is 101 Å². The molecule has 0 spiro atoms. The molecule has 0 amide bonds. The molecule has 10 heteroatoms. The Hall–Kier alpha value is -1.23. The van der Waals surface area contributed by atoms with Crippen molar-refractivity contribution in [1.29, 1.82) is 0 Å². The lowest BCUT2D eigenvalue weighted by Gasteiger charge is -2.22. The SMILES string of the molecule is CC.CCCCCCCCCCCCCCCCOC1C(O)C(CC)OC1n1ccc(=O)[nH]c1=O.COOCl. The maximum absolute atomic E-state index is 12.2. The molecule has 0 aromatic carbocycles. The summed E-state index contributed by atoms with van der Waals surface area (Å²) in [4.78, 5) is 29.6. The summed E-state index contributed by atoms with van der Waals surface area (Å²) in [6.45, 7) is 8.71. The topological polar surface area (TPSA) is 112 Å². The average Bonchev–Trinajstić information content (AvgIpc) is 3.26. The molecule has 1 fully saturated rings. The number of nitrogens with zero attached hydrogens (tertiary/aromatic N) is 1. The summed E-state index contributed by atoms with van der Waals surface area (Å²) < 4.78 is 16.7. The van der Waals surface area contributed by atoms with Crippen LogP contribution < -0.4 is 11.2 Å². The molecule has 2 rings (SSSR count). The van der Waals surface area contributed by atoms with Crippen LogP contribution >= 0.6 is 11.9 Å². The largest absolute Gasteiger partial charge is 0.388 e. The van der Waals surface area contributed by atoms with Crippen LogP contribution in [0.25, 0.3) is 0 Å². The third kappa shape index (κ3) is 16.6. The standard InChI is InChI=1S/C26H46N2O5.C2H6.CH3ClO2/c1-3-5-6-7-8-9-10-11-12-13-14-15-16-17-20-32-24-23(30)21(4-2)33-25(24)28-19-18-22(29)27-26(28)31;1-2;1-3-4-2/h18-19,21,23-25,30H,3-17,20H2,1-2H3,(H,27,29,31);1-2H3;1H3. The van der Waals surface area contributed by atoms with Gasteiger partial charge in [0, 0.05) is 18.9 Å². The first kappa shape index (κ1) is 37.8. The van der Waals surface area contributed by atoms with Crippen molar-refractivity contribution in [1.82, 2.24) is 9.55 Å². The summed E-state index contributed by atoms with van der Waals surface area (Å²) in [5, 5.41) is 10.6. The van der Waals surface area contributed by atoms with Crippen molar-refractivity contribution in [3.05, 3.63) is 33.1 Å². The first-order valence-corrected chi connectivity index (χ1v) is 15.4. The fourth-order valence-corrected chi connectivity index (χ4v) is 4.60. The molecule has 2 heterocycles. The number of hydrogen-bond acceptors (Lipinski definition) is 7. The van der Waals surface area contributed by atoms with Crippen LogP contribution in [0.1, 0.15) is 130 Å². The molecule has 1 aromatic heterocycles. The molecule has 1 saturated heterocycles. The number of rotatable bonds is 19. The van der Waals surface area contributed by atoms with Gasteiger partial charge in [0.25, 0.3) is 5.56 Å². The fraction of sp³-hybridized carbons (Fsp3) is 0.862. The second-order valence-electron chi connectivity index (χ2n) is 9.64. The van der Waals surface area contributed by atoms with Gasteiger partial charge in [-0.15, -0.1) is 4.44 Å². The first-order valence-electron chi connectivity index (χ1n) is 15.1. The van der Waals surface area contributed by atoms with Crippen LogP contribution in [0.15, 0.2) is 21.9 Å². The molecule has 230 valence electrons. The van der Waals surface area contributed by atoms with E-state index in [2.05, 4.69) is 33.1 Å². The smallest absolute Gasteiger partial charge is 0.330 e. The molecule has 9 nitrogen and oxygen atoms in total. The second-order valence-corrected chi connectivity index (χ2v) is 9.77.